The van der Waals surface area contributed by atoms with Crippen molar-refractivity contribution in [3.63, 3.8) is 0 Å². The van der Waals surface area contributed by atoms with Gasteiger partial charge in [-0.1, -0.05) is 58.8 Å². The van der Waals surface area contributed by atoms with Gasteiger partial charge in [0.25, 0.3) is 0 Å². The van der Waals surface area contributed by atoms with Gasteiger partial charge < -0.3 is 4.90 Å². The fourth-order valence-corrected chi connectivity index (χ4v) is 1.91. The normalized spacial score (nSPS) is 11.2. The monoisotopic (exact) mass is 213 g/mol. The van der Waals surface area contributed by atoms with E-state index in [1.165, 1.54) is 70.9 Å². The van der Waals surface area contributed by atoms with Crippen molar-refractivity contribution in [3.8, 4) is 0 Å². The zero-order valence-corrected chi connectivity index (χ0v) is 11.2. The van der Waals surface area contributed by atoms with Crippen LogP contribution in [0.5, 0.6) is 0 Å². The minimum absolute atomic E-state index is 1.30. The molecule has 0 bridgehead atoms. The summed E-state index contributed by atoms with van der Waals surface area (Å²) in [6.07, 6.45) is 12.6. The Bertz CT molecular complexity index is 112. The van der Waals surface area contributed by atoms with Crippen LogP contribution in [0.15, 0.2) is 0 Å². The smallest absolute Gasteiger partial charge is 0.00218 e. The average Bonchev–Trinajstić information content (AvgIpc) is 2.24. The van der Waals surface area contributed by atoms with Gasteiger partial charge in [0.05, 0.1) is 0 Å². The van der Waals surface area contributed by atoms with Gasteiger partial charge in [-0.25, -0.2) is 0 Å². The Morgan fingerprint density at radius 3 is 1.47 bits per heavy atom. The van der Waals surface area contributed by atoms with E-state index in [2.05, 4.69) is 25.8 Å². The summed E-state index contributed by atoms with van der Waals surface area (Å²) in [6, 6.07) is 0. The third kappa shape index (κ3) is 11.9. The summed E-state index contributed by atoms with van der Waals surface area (Å²) in [5, 5.41) is 0. The van der Waals surface area contributed by atoms with Gasteiger partial charge in [-0.2, -0.15) is 0 Å². The molecule has 0 fully saturated rings. The van der Waals surface area contributed by atoms with Crippen LogP contribution in [0.1, 0.15) is 71.6 Å². The number of unbranched alkanes of at least 4 members (excludes halogenated alkanes) is 7. The number of rotatable bonds is 11. The van der Waals surface area contributed by atoms with Gasteiger partial charge in [-0.05, 0) is 33.0 Å². The Balaban J connectivity index is 3.08. The minimum Gasteiger partial charge on any atom is -0.306 e. The Morgan fingerprint density at radius 1 is 0.600 bits per heavy atom. The first kappa shape index (κ1) is 15.0. The molecule has 0 aromatic carbocycles. The van der Waals surface area contributed by atoms with E-state index in [-0.39, 0.29) is 0 Å². The van der Waals surface area contributed by atoms with Crippen molar-refractivity contribution in [2.24, 2.45) is 0 Å². The lowest BCUT2D eigenvalue weighted by molar-refractivity contribution is 0.315. The first-order chi connectivity index (χ1) is 7.31. The molecule has 0 rings (SSSR count). The summed E-state index contributed by atoms with van der Waals surface area (Å²) < 4.78 is 0. The second-order valence-corrected chi connectivity index (χ2v) is 4.78. The molecule has 1 nitrogen and oxygen atoms in total. The molecule has 1 heteroatoms. The van der Waals surface area contributed by atoms with Crippen molar-refractivity contribution in [3.05, 3.63) is 0 Å². The Labute approximate surface area is 97.2 Å². The summed E-state index contributed by atoms with van der Waals surface area (Å²) in [5.41, 5.74) is 0. The first-order valence-electron chi connectivity index (χ1n) is 6.99. The summed E-state index contributed by atoms with van der Waals surface area (Å²) >= 11 is 0. The highest BCUT2D eigenvalue weighted by Crippen LogP contribution is 2.04. The second-order valence-electron chi connectivity index (χ2n) is 4.78. The van der Waals surface area contributed by atoms with Gasteiger partial charge in [0.1, 0.15) is 0 Å². The molecule has 0 spiro atoms. The predicted octanol–water partition coefficient (Wildman–Crippen LogP) is 4.47. The highest BCUT2D eigenvalue weighted by Gasteiger charge is 1.97. The van der Waals surface area contributed by atoms with Crippen molar-refractivity contribution in [1.29, 1.82) is 0 Å². The van der Waals surface area contributed by atoms with Gasteiger partial charge in [0.2, 0.25) is 0 Å². The highest BCUT2D eigenvalue weighted by molar-refractivity contribution is 4.53. The van der Waals surface area contributed by atoms with Crippen molar-refractivity contribution in [2.45, 2.75) is 71.6 Å². The molecule has 0 aliphatic carbocycles. The van der Waals surface area contributed by atoms with Gasteiger partial charge in [0.15, 0.2) is 0 Å². The van der Waals surface area contributed by atoms with E-state index in [1.807, 2.05) is 0 Å². The first-order valence-corrected chi connectivity index (χ1v) is 6.99. The van der Waals surface area contributed by atoms with Crippen molar-refractivity contribution < 1.29 is 0 Å². The van der Waals surface area contributed by atoms with Crippen LogP contribution in [0, 0.1) is 0 Å². The van der Waals surface area contributed by atoms with Crippen LogP contribution in [0.3, 0.4) is 0 Å². The van der Waals surface area contributed by atoms with E-state index < -0.39 is 0 Å². The molecule has 0 unspecified atom stereocenters. The lowest BCUT2D eigenvalue weighted by Crippen LogP contribution is -2.20. The zero-order valence-electron chi connectivity index (χ0n) is 11.2. The second kappa shape index (κ2) is 12.0. The standard InChI is InChI=1S/C14H31N/c1-4-6-8-10-12-14-15(3)13-11-9-7-5-2/h4-14H2,1-3H3. The van der Waals surface area contributed by atoms with Gasteiger partial charge >= 0.3 is 0 Å². The summed E-state index contributed by atoms with van der Waals surface area (Å²) in [5.74, 6) is 0. The van der Waals surface area contributed by atoms with Crippen LogP contribution < -0.4 is 0 Å². The molecular formula is C14H31N. The van der Waals surface area contributed by atoms with E-state index in [1.54, 1.807) is 0 Å². The maximum Gasteiger partial charge on any atom is -0.00218 e. The fraction of sp³-hybridized carbons (Fsp3) is 1.00. The van der Waals surface area contributed by atoms with E-state index >= 15 is 0 Å². The maximum absolute atomic E-state index is 2.50. The summed E-state index contributed by atoms with van der Waals surface area (Å²) in [6.45, 7) is 7.15. The fourth-order valence-electron chi connectivity index (χ4n) is 1.91. The van der Waals surface area contributed by atoms with Gasteiger partial charge in [0, 0.05) is 0 Å². The third-order valence-electron chi connectivity index (χ3n) is 3.04. The lowest BCUT2D eigenvalue weighted by atomic mass is 10.1. The SMILES string of the molecule is CCCCCCCN(C)CCCCCC. The summed E-state index contributed by atoms with van der Waals surface area (Å²) in [4.78, 5) is 2.50. The van der Waals surface area contributed by atoms with E-state index in [9.17, 15) is 0 Å². The summed E-state index contributed by atoms with van der Waals surface area (Å²) in [7, 11) is 2.27. The Kier molecular flexibility index (Phi) is 12.0. The molecule has 0 atom stereocenters. The average molecular weight is 213 g/mol. The molecule has 0 heterocycles. The molecule has 0 amide bonds. The topological polar surface area (TPSA) is 3.24 Å². The van der Waals surface area contributed by atoms with Crippen molar-refractivity contribution in [2.75, 3.05) is 20.1 Å². The molecule has 0 N–H and O–H groups in total. The van der Waals surface area contributed by atoms with E-state index in [0.717, 1.165) is 0 Å². The number of nitrogens with zero attached hydrogens (tertiary/aromatic N) is 1. The molecule has 92 valence electrons. The quantitative estimate of drug-likeness (QED) is 0.458. The van der Waals surface area contributed by atoms with E-state index in [0.29, 0.717) is 0 Å². The molecule has 15 heavy (non-hydrogen) atoms. The van der Waals surface area contributed by atoms with Crippen LogP contribution in [-0.2, 0) is 0 Å². The molecule has 0 aromatic rings. The van der Waals surface area contributed by atoms with Crippen LogP contribution in [0.4, 0.5) is 0 Å². The largest absolute Gasteiger partial charge is 0.306 e. The molecule has 0 aliphatic heterocycles. The zero-order chi connectivity index (χ0) is 11.4. The molecule has 0 radical (unpaired) electrons. The van der Waals surface area contributed by atoms with Gasteiger partial charge in [-0.3, -0.25) is 0 Å². The third-order valence-corrected chi connectivity index (χ3v) is 3.04. The minimum atomic E-state index is 1.30. The lowest BCUT2D eigenvalue weighted by Gasteiger charge is -2.16. The van der Waals surface area contributed by atoms with Crippen LogP contribution >= 0.6 is 0 Å². The van der Waals surface area contributed by atoms with Crippen LogP contribution in [-0.4, -0.2) is 25.0 Å². The van der Waals surface area contributed by atoms with Crippen molar-refractivity contribution >= 4 is 0 Å². The molecule has 0 aromatic heterocycles. The Morgan fingerprint density at radius 2 is 1.00 bits per heavy atom. The maximum atomic E-state index is 2.50. The number of hydrogen-bond donors (Lipinski definition) is 0. The van der Waals surface area contributed by atoms with Gasteiger partial charge in [-0.15, -0.1) is 0 Å². The van der Waals surface area contributed by atoms with Crippen molar-refractivity contribution in [1.82, 2.24) is 4.90 Å². The molecule has 0 aliphatic rings. The Hall–Kier alpha value is -0.0400. The predicted molar refractivity (Wildman–Crippen MR) is 70.4 cm³/mol. The molecular weight excluding hydrogens is 182 g/mol. The number of hydrogen-bond acceptors (Lipinski definition) is 1. The van der Waals surface area contributed by atoms with E-state index in [4.69, 9.17) is 0 Å². The van der Waals surface area contributed by atoms with Crippen LogP contribution in [0.25, 0.3) is 0 Å². The van der Waals surface area contributed by atoms with Crippen LogP contribution in [0.2, 0.25) is 0 Å². The molecule has 0 saturated carbocycles. The molecule has 0 saturated heterocycles. The highest BCUT2D eigenvalue weighted by atomic mass is 15.1.